The van der Waals surface area contributed by atoms with E-state index in [1.807, 2.05) is 54.6 Å². The van der Waals surface area contributed by atoms with Gasteiger partial charge in [-0.3, -0.25) is 4.18 Å². The van der Waals surface area contributed by atoms with Gasteiger partial charge in [0, 0.05) is 0 Å². The Labute approximate surface area is 163 Å². The standard InChI is InChI=1S/C22H13F3O3S/c23-22(24,25)29(26,27)28-12-14-10-11-19-17-8-2-5-13-4-1-7-16(20(13)17)18-9-3-6-15(14)21(18)19/h1-11H,12H2. The highest BCUT2D eigenvalue weighted by Crippen LogP contribution is 2.41. The molecule has 0 spiro atoms. The molecule has 29 heavy (non-hydrogen) atoms. The Kier molecular flexibility index (Phi) is 3.78. The largest absolute Gasteiger partial charge is 0.523 e. The van der Waals surface area contributed by atoms with Crippen molar-refractivity contribution >= 4 is 53.2 Å². The molecule has 7 heteroatoms. The van der Waals surface area contributed by atoms with Crippen molar-refractivity contribution in [3.63, 3.8) is 0 Å². The summed E-state index contributed by atoms with van der Waals surface area (Å²) in [4.78, 5) is 0. The Hall–Kier alpha value is -2.90. The molecule has 0 amide bonds. The zero-order valence-corrected chi connectivity index (χ0v) is 15.6. The zero-order valence-electron chi connectivity index (χ0n) is 14.8. The van der Waals surface area contributed by atoms with E-state index >= 15 is 0 Å². The van der Waals surface area contributed by atoms with Crippen LogP contribution >= 0.6 is 0 Å². The zero-order chi connectivity index (χ0) is 20.4. The molecule has 0 N–H and O–H groups in total. The van der Waals surface area contributed by atoms with Crippen LogP contribution in [0, 0.1) is 0 Å². The number of hydrogen-bond donors (Lipinski definition) is 0. The van der Waals surface area contributed by atoms with E-state index in [0.717, 1.165) is 37.7 Å². The van der Waals surface area contributed by atoms with Crippen molar-refractivity contribution in [3.8, 4) is 0 Å². The number of alkyl halides is 3. The van der Waals surface area contributed by atoms with E-state index in [0.29, 0.717) is 10.9 Å². The fourth-order valence-electron chi connectivity index (χ4n) is 4.04. The Morgan fingerprint density at radius 1 is 0.690 bits per heavy atom. The van der Waals surface area contributed by atoms with Gasteiger partial charge in [-0.15, -0.1) is 0 Å². The third kappa shape index (κ3) is 2.65. The van der Waals surface area contributed by atoms with Gasteiger partial charge in [0.25, 0.3) is 0 Å². The summed E-state index contributed by atoms with van der Waals surface area (Å²) in [6, 6.07) is 21.0. The minimum absolute atomic E-state index is 0.380. The van der Waals surface area contributed by atoms with Crippen molar-refractivity contribution in [3.05, 3.63) is 72.3 Å². The lowest BCUT2D eigenvalue weighted by Crippen LogP contribution is -2.25. The van der Waals surface area contributed by atoms with Crippen LogP contribution in [0.1, 0.15) is 5.56 Å². The van der Waals surface area contributed by atoms with E-state index < -0.39 is 22.2 Å². The van der Waals surface area contributed by atoms with E-state index in [4.69, 9.17) is 0 Å². The second-order valence-corrected chi connectivity index (χ2v) is 8.48. The van der Waals surface area contributed by atoms with Gasteiger partial charge in [0.2, 0.25) is 0 Å². The van der Waals surface area contributed by atoms with Gasteiger partial charge in [-0.2, -0.15) is 21.6 Å². The van der Waals surface area contributed by atoms with Crippen LogP contribution in [0.4, 0.5) is 13.2 Å². The Balaban J connectivity index is 1.79. The lowest BCUT2D eigenvalue weighted by Gasteiger charge is -2.16. The summed E-state index contributed by atoms with van der Waals surface area (Å²) in [6.07, 6.45) is 0. The van der Waals surface area contributed by atoms with Gasteiger partial charge >= 0.3 is 15.6 Å². The van der Waals surface area contributed by atoms with Crippen LogP contribution in [0.3, 0.4) is 0 Å². The number of fused-ring (bicyclic) bond motifs is 2. The fourth-order valence-corrected chi connectivity index (χ4v) is 4.46. The fraction of sp³-hybridized carbons (Fsp3) is 0.0909. The van der Waals surface area contributed by atoms with Gasteiger partial charge in [0.1, 0.15) is 0 Å². The second-order valence-electron chi connectivity index (χ2n) is 6.87. The number of benzene rings is 5. The van der Waals surface area contributed by atoms with Gasteiger partial charge in [0.15, 0.2) is 0 Å². The smallest absolute Gasteiger partial charge is 0.258 e. The van der Waals surface area contributed by atoms with Crippen LogP contribution in [-0.4, -0.2) is 13.9 Å². The minimum Gasteiger partial charge on any atom is -0.258 e. The van der Waals surface area contributed by atoms with Gasteiger partial charge in [0.05, 0.1) is 6.61 Å². The monoisotopic (exact) mass is 414 g/mol. The van der Waals surface area contributed by atoms with Crippen molar-refractivity contribution in [2.45, 2.75) is 12.1 Å². The lowest BCUT2D eigenvalue weighted by molar-refractivity contribution is -0.0547. The van der Waals surface area contributed by atoms with Crippen molar-refractivity contribution in [1.29, 1.82) is 0 Å². The maximum absolute atomic E-state index is 12.6. The average molecular weight is 414 g/mol. The van der Waals surface area contributed by atoms with Crippen LogP contribution < -0.4 is 0 Å². The second kappa shape index (κ2) is 6.05. The van der Waals surface area contributed by atoms with Crippen LogP contribution in [-0.2, 0) is 20.9 Å². The number of hydrogen-bond acceptors (Lipinski definition) is 3. The highest BCUT2D eigenvalue weighted by Gasteiger charge is 2.47. The quantitative estimate of drug-likeness (QED) is 0.155. The topological polar surface area (TPSA) is 43.4 Å². The van der Waals surface area contributed by atoms with Crippen LogP contribution in [0.25, 0.3) is 43.1 Å². The molecule has 0 saturated heterocycles. The van der Waals surface area contributed by atoms with Gasteiger partial charge in [-0.05, 0) is 48.7 Å². The Bertz CT molecular complexity index is 1450. The molecule has 0 aromatic heterocycles. The molecule has 5 rings (SSSR count). The summed E-state index contributed by atoms with van der Waals surface area (Å²) in [5.41, 5.74) is -5.07. The van der Waals surface area contributed by atoms with Crippen LogP contribution in [0.15, 0.2) is 66.7 Å². The summed E-state index contributed by atoms with van der Waals surface area (Å²) >= 11 is 0. The molecule has 0 aliphatic rings. The molecule has 0 radical (unpaired) electrons. The summed E-state index contributed by atoms with van der Waals surface area (Å²) in [7, 11) is -5.66. The van der Waals surface area contributed by atoms with Gasteiger partial charge in [-0.1, -0.05) is 66.7 Å². The number of rotatable bonds is 3. The average Bonchev–Trinajstić information content (AvgIpc) is 2.69. The molecule has 0 saturated carbocycles. The van der Waals surface area contributed by atoms with E-state index in [2.05, 4.69) is 4.18 Å². The van der Waals surface area contributed by atoms with E-state index in [9.17, 15) is 21.6 Å². The Morgan fingerprint density at radius 2 is 1.21 bits per heavy atom. The summed E-state index contributed by atoms with van der Waals surface area (Å²) in [5.74, 6) is 0. The first-order chi connectivity index (χ1) is 13.8. The molecule has 0 atom stereocenters. The third-order valence-electron chi connectivity index (χ3n) is 5.27. The van der Waals surface area contributed by atoms with Crippen molar-refractivity contribution in [1.82, 2.24) is 0 Å². The maximum atomic E-state index is 12.6. The maximum Gasteiger partial charge on any atom is 0.523 e. The van der Waals surface area contributed by atoms with Crippen molar-refractivity contribution < 1.29 is 25.8 Å². The van der Waals surface area contributed by atoms with E-state index in [1.165, 1.54) is 0 Å². The molecule has 0 heterocycles. The van der Waals surface area contributed by atoms with E-state index in [1.54, 1.807) is 12.1 Å². The lowest BCUT2D eigenvalue weighted by atomic mass is 9.88. The number of halogens is 3. The normalized spacial score (nSPS) is 13.2. The molecule has 0 aliphatic carbocycles. The molecule has 0 fully saturated rings. The van der Waals surface area contributed by atoms with Gasteiger partial charge in [-0.25, -0.2) is 0 Å². The molecule has 146 valence electrons. The highest BCUT2D eigenvalue weighted by atomic mass is 32.2. The molecule has 0 aliphatic heterocycles. The minimum atomic E-state index is -5.66. The van der Waals surface area contributed by atoms with Crippen LogP contribution in [0.5, 0.6) is 0 Å². The molecule has 5 aromatic carbocycles. The first-order valence-electron chi connectivity index (χ1n) is 8.81. The van der Waals surface area contributed by atoms with Gasteiger partial charge < -0.3 is 0 Å². The Morgan fingerprint density at radius 3 is 1.83 bits per heavy atom. The van der Waals surface area contributed by atoms with Crippen molar-refractivity contribution in [2.75, 3.05) is 0 Å². The molecular weight excluding hydrogens is 401 g/mol. The molecule has 3 nitrogen and oxygen atoms in total. The molecule has 0 bridgehead atoms. The summed E-state index contributed by atoms with van der Waals surface area (Å²) in [6.45, 7) is -0.687. The summed E-state index contributed by atoms with van der Waals surface area (Å²) in [5, 5.41) is 7.78. The summed E-state index contributed by atoms with van der Waals surface area (Å²) < 4.78 is 64.8. The highest BCUT2D eigenvalue weighted by molar-refractivity contribution is 7.87. The first kappa shape index (κ1) is 18.1. The molecule has 5 aromatic rings. The predicted molar refractivity (Wildman–Crippen MR) is 107 cm³/mol. The van der Waals surface area contributed by atoms with Crippen LogP contribution in [0.2, 0.25) is 0 Å². The van der Waals surface area contributed by atoms with Crippen molar-refractivity contribution in [2.24, 2.45) is 0 Å². The third-order valence-corrected chi connectivity index (χ3v) is 6.26. The predicted octanol–water partition coefficient (Wildman–Crippen LogP) is 6.10. The molecular formula is C22H13F3O3S. The first-order valence-corrected chi connectivity index (χ1v) is 10.2. The van der Waals surface area contributed by atoms with E-state index in [-0.39, 0.29) is 0 Å². The SMILES string of the molecule is O=S(=O)(OCc1ccc2c3cccc4cccc(c5cccc1c52)c43)C(F)(F)F. The molecule has 0 unspecified atom stereocenters.